The van der Waals surface area contributed by atoms with Gasteiger partial charge in [-0.2, -0.15) is 0 Å². The Labute approximate surface area is 191 Å². The predicted molar refractivity (Wildman–Crippen MR) is 129 cm³/mol. The van der Waals surface area contributed by atoms with Gasteiger partial charge in [0.15, 0.2) is 0 Å². The summed E-state index contributed by atoms with van der Waals surface area (Å²) in [7, 11) is 0. The normalized spacial score (nSPS) is 15.0. The number of carbonyl (C=O) groups excluding carboxylic acids is 1. The highest BCUT2D eigenvalue weighted by Gasteiger charge is 2.21. The third kappa shape index (κ3) is 3.60. The Morgan fingerprint density at radius 2 is 1.74 bits per heavy atom. The maximum absolute atomic E-state index is 12.2. The lowest BCUT2D eigenvalue weighted by Gasteiger charge is -2.23. The maximum Gasteiger partial charge on any atom is 0.249 e. The average Bonchev–Trinajstić information content (AvgIpc) is 3.07. The first-order valence-electron chi connectivity index (χ1n) is 10.8. The number of nitrogens with two attached hydrogens (primary N) is 1. The Morgan fingerprint density at radius 3 is 2.45 bits per heavy atom. The number of hydrogen-bond acceptors (Lipinski definition) is 1. The Morgan fingerprint density at radius 1 is 1.03 bits per heavy atom. The van der Waals surface area contributed by atoms with Crippen LogP contribution in [0.25, 0.3) is 32.9 Å². The summed E-state index contributed by atoms with van der Waals surface area (Å²) in [6, 6.07) is 18.7. The van der Waals surface area contributed by atoms with E-state index in [4.69, 9.17) is 28.9 Å². The van der Waals surface area contributed by atoms with E-state index < -0.39 is 5.91 Å². The van der Waals surface area contributed by atoms with Crippen LogP contribution in [0.1, 0.15) is 42.5 Å². The van der Waals surface area contributed by atoms with E-state index in [-0.39, 0.29) is 0 Å². The van der Waals surface area contributed by atoms with Gasteiger partial charge in [0.2, 0.25) is 5.91 Å². The van der Waals surface area contributed by atoms with Crippen LogP contribution in [-0.4, -0.2) is 10.5 Å². The van der Waals surface area contributed by atoms with E-state index in [1.54, 1.807) is 6.07 Å². The molecule has 1 saturated carbocycles. The van der Waals surface area contributed by atoms with E-state index in [1.165, 1.54) is 32.1 Å². The lowest BCUT2D eigenvalue weighted by molar-refractivity contribution is 0.100. The average molecular weight is 450 g/mol. The molecule has 0 aliphatic heterocycles. The summed E-state index contributed by atoms with van der Waals surface area (Å²) in [4.78, 5) is 12.2. The number of carbonyl (C=O) groups is 1. The number of primary amides is 1. The first kappa shape index (κ1) is 20.4. The molecule has 1 heterocycles. The summed E-state index contributed by atoms with van der Waals surface area (Å²) in [5, 5.41) is 2.99. The first-order chi connectivity index (χ1) is 15.0. The molecule has 1 fully saturated rings. The standard InChI is InChI=1S/C26H23Cl2N2O/c27-20-9-5-10-21(28)24(20)17-12-13-18-23(14-17)30(15-16-6-2-1-3-7-16)22-11-4-8-19(25(18)22)26(29)31/h4-5,8-12,14,16H,1-3,6-7,15H2,(H2,29,31). The van der Waals surface area contributed by atoms with Crippen LogP contribution < -0.4 is 5.73 Å². The molecular formula is C26H23Cl2N2O. The van der Waals surface area contributed by atoms with E-state index in [2.05, 4.69) is 22.8 Å². The van der Waals surface area contributed by atoms with Crippen molar-refractivity contribution in [2.24, 2.45) is 11.7 Å². The molecule has 1 amide bonds. The van der Waals surface area contributed by atoms with Gasteiger partial charge >= 0.3 is 0 Å². The van der Waals surface area contributed by atoms with Gasteiger partial charge in [-0.15, -0.1) is 0 Å². The van der Waals surface area contributed by atoms with E-state index in [1.807, 2.05) is 30.3 Å². The molecule has 157 valence electrons. The topological polar surface area (TPSA) is 48.0 Å². The Balaban J connectivity index is 1.78. The van der Waals surface area contributed by atoms with Gasteiger partial charge in [-0.25, -0.2) is 0 Å². The molecule has 1 radical (unpaired) electrons. The van der Waals surface area contributed by atoms with Gasteiger partial charge in [0, 0.05) is 44.0 Å². The van der Waals surface area contributed by atoms with Crippen molar-refractivity contribution >= 4 is 50.9 Å². The molecule has 4 aromatic rings. The molecule has 1 aliphatic carbocycles. The van der Waals surface area contributed by atoms with Crippen molar-refractivity contribution in [2.45, 2.75) is 38.6 Å². The zero-order valence-corrected chi connectivity index (χ0v) is 18.6. The number of fused-ring (bicyclic) bond motifs is 3. The van der Waals surface area contributed by atoms with Crippen molar-refractivity contribution in [3.63, 3.8) is 0 Å². The van der Waals surface area contributed by atoms with Crippen LogP contribution in [0.15, 0.2) is 48.5 Å². The van der Waals surface area contributed by atoms with Gasteiger partial charge in [-0.3, -0.25) is 4.79 Å². The second-order valence-electron chi connectivity index (χ2n) is 8.42. The van der Waals surface area contributed by atoms with Crippen molar-refractivity contribution in [1.29, 1.82) is 0 Å². The van der Waals surface area contributed by atoms with Gasteiger partial charge in [-0.05, 0) is 66.8 Å². The quantitative estimate of drug-likeness (QED) is 0.350. The third-order valence-corrected chi connectivity index (χ3v) is 7.11. The minimum absolute atomic E-state index is 0.422. The molecule has 0 bridgehead atoms. The minimum Gasteiger partial charge on any atom is -0.366 e. The lowest BCUT2D eigenvalue weighted by Crippen LogP contribution is -2.14. The second-order valence-corrected chi connectivity index (χ2v) is 9.24. The van der Waals surface area contributed by atoms with E-state index >= 15 is 0 Å². The second kappa shape index (κ2) is 8.22. The van der Waals surface area contributed by atoms with Gasteiger partial charge in [0.1, 0.15) is 0 Å². The van der Waals surface area contributed by atoms with Crippen molar-refractivity contribution in [1.82, 2.24) is 4.57 Å². The number of aromatic nitrogens is 1. The molecule has 1 aliphatic rings. The lowest BCUT2D eigenvalue weighted by atomic mass is 9.89. The fourth-order valence-corrected chi connectivity index (χ4v) is 5.62. The Hall–Kier alpha value is -2.49. The fourth-order valence-electron chi connectivity index (χ4n) is 5.00. The smallest absolute Gasteiger partial charge is 0.249 e. The Bertz CT molecular complexity index is 1280. The van der Waals surface area contributed by atoms with Crippen LogP contribution >= 0.6 is 23.2 Å². The SMILES string of the molecule is NC(=O)c1cccc2c1c1[c]cc(-c3c(Cl)cccc3Cl)cc1n2CC1CCCCC1. The zero-order valence-electron chi connectivity index (χ0n) is 17.1. The third-order valence-electron chi connectivity index (χ3n) is 6.48. The molecule has 31 heavy (non-hydrogen) atoms. The molecule has 0 spiro atoms. The largest absolute Gasteiger partial charge is 0.366 e. The highest BCUT2D eigenvalue weighted by atomic mass is 35.5. The van der Waals surface area contributed by atoms with E-state index in [0.29, 0.717) is 21.5 Å². The summed E-state index contributed by atoms with van der Waals surface area (Å²) >= 11 is 13.0. The minimum atomic E-state index is -0.422. The molecule has 0 unspecified atom stereocenters. The van der Waals surface area contributed by atoms with Crippen molar-refractivity contribution in [2.75, 3.05) is 0 Å². The molecule has 3 aromatic carbocycles. The maximum atomic E-state index is 12.2. The van der Waals surface area contributed by atoms with E-state index in [9.17, 15) is 4.79 Å². The number of halogens is 2. The van der Waals surface area contributed by atoms with Gasteiger partial charge < -0.3 is 10.3 Å². The monoisotopic (exact) mass is 449 g/mol. The first-order valence-corrected chi connectivity index (χ1v) is 11.5. The van der Waals surface area contributed by atoms with Gasteiger partial charge in [0.25, 0.3) is 0 Å². The molecule has 0 atom stereocenters. The van der Waals surface area contributed by atoms with Gasteiger partial charge in [0.05, 0.1) is 5.52 Å². The number of hydrogen-bond donors (Lipinski definition) is 1. The summed E-state index contributed by atoms with van der Waals surface area (Å²) in [6.45, 7) is 0.912. The Kier molecular flexibility index (Phi) is 5.41. The summed E-state index contributed by atoms with van der Waals surface area (Å²) < 4.78 is 2.33. The summed E-state index contributed by atoms with van der Waals surface area (Å²) in [6.07, 6.45) is 6.34. The number of nitrogens with zero attached hydrogens (tertiary/aromatic N) is 1. The van der Waals surface area contributed by atoms with Crippen molar-refractivity contribution in [3.8, 4) is 11.1 Å². The highest BCUT2D eigenvalue weighted by molar-refractivity contribution is 6.39. The van der Waals surface area contributed by atoms with Crippen LogP contribution in [-0.2, 0) is 6.54 Å². The predicted octanol–water partition coefficient (Wildman–Crippen LogP) is 7.25. The molecule has 1 aromatic heterocycles. The van der Waals surface area contributed by atoms with Crippen LogP contribution in [0.3, 0.4) is 0 Å². The van der Waals surface area contributed by atoms with Crippen LogP contribution in [0.5, 0.6) is 0 Å². The van der Waals surface area contributed by atoms with Gasteiger partial charge in [-0.1, -0.05) is 54.6 Å². The zero-order chi connectivity index (χ0) is 21.5. The molecular weight excluding hydrogens is 427 g/mol. The molecule has 3 nitrogen and oxygen atoms in total. The van der Waals surface area contributed by atoms with Crippen LogP contribution in [0, 0.1) is 12.0 Å². The number of benzene rings is 3. The molecule has 2 N–H and O–H groups in total. The number of amides is 1. The molecule has 5 rings (SSSR count). The molecule has 5 heteroatoms. The fraction of sp³-hybridized carbons (Fsp3) is 0.269. The summed E-state index contributed by atoms with van der Waals surface area (Å²) in [5.74, 6) is 0.200. The summed E-state index contributed by atoms with van der Waals surface area (Å²) in [5.41, 5.74) is 10.0. The number of rotatable bonds is 4. The van der Waals surface area contributed by atoms with Crippen molar-refractivity contribution < 1.29 is 4.79 Å². The van der Waals surface area contributed by atoms with Crippen LogP contribution in [0.4, 0.5) is 0 Å². The molecule has 0 saturated heterocycles. The highest BCUT2D eigenvalue weighted by Crippen LogP contribution is 2.39. The van der Waals surface area contributed by atoms with E-state index in [0.717, 1.165) is 39.5 Å². The van der Waals surface area contributed by atoms with Crippen molar-refractivity contribution in [3.05, 3.63) is 70.2 Å². The van der Waals surface area contributed by atoms with Crippen LogP contribution in [0.2, 0.25) is 10.0 Å².